The molecule has 0 bridgehead atoms. The molecule has 0 N–H and O–H groups in total. The van der Waals surface area contributed by atoms with E-state index < -0.39 is 0 Å². The third-order valence-corrected chi connectivity index (χ3v) is 1.06. The quantitative estimate of drug-likeness (QED) is 0.415. The van der Waals surface area contributed by atoms with Gasteiger partial charge in [0.15, 0.2) is 0 Å². The van der Waals surface area contributed by atoms with E-state index in [4.69, 9.17) is 9.31 Å². The summed E-state index contributed by atoms with van der Waals surface area (Å²) in [6, 6.07) is 0. The zero-order valence-corrected chi connectivity index (χ0v) is 6.80. The van der Waals surface area contributed by atoms with Gasteiger partial charge in [0, 0.05) is 13.2 Å². The van der Waals surface area contributed by atoms with Crippen molar-refractivity contribution in [2.75, 3.05) is 13.2 Å². The van der Waals surface area contributed by atoms with Crippen LogP contribution in [0.15, 0.2) is 12.7 Å². The Hall–Kier alpha value is -0.275. The zero-order chi connectivity index (χ0) is 7.82. The number of hydrogen-bond donors (Lipinski definition) is 0. The van der Waals surface area contributed by atoms with E-state index in [-0.39, 0.29) is 7.12 Å². The molecule has 0 heterocycles. The van der Waals surface area contributed by atoms with Gasteiger partial charge in [-0.15, -0.1) is 6.58 Å². The number of allylic oxidation sites excluding steroid dienone is 1. The lowest BCUT2D eigenvalue weighted by Crippen LogP contribution is -2.21. The lowest BCUT2D eigenvalue weighted by atomic mass is 9.85. The first-order valence-electron chi connectivity index (χ1n) is 3.69. The second-order valence-corrected chi connectivity index (χ2v) is 1.86. The highest BCUT2D eigenvalue weighted by molar-refractivity contribution is 6.44. The molecule has 0 unspecified atom stereocenters. The molecule has 0 atom stereocenters. The van der Waals surface area contributed by atoms with Gasteiger partial charge in [-0.1, -0.05) is 6.08 Å². The highest BCUT2D eigenvalue weighted by atomic mass is 16.6. The Labute approximate surface area is 63.4 Å². The molecule has 0 aromatic rings. The van der Waals surface area contributed by atoms with E-state index >= 15 is 0 Å². The first-order chi connectivity index (χ1) is 4.85. The number of hydrogen-bond acceptors (Lipinski definition) is 2. The SMILES string of the molecule is C=CCB(OCC)OCC. The monoisotopic (exact) mass is 142 g/mol. The average Bonchev–Trinajstić information content (AvgIpc) is 1.90. The highest BCUT2D eigenvalue weighted by Gasteiger charge is 2.12. The summed E-state index contributed by atoms with van der Waals surface area (Å²) in [6.45, 7) is 8.90. The third-order valence-electron chi connectivity index (χ3n) is 1.06. The molecule has 3 heteroatoms. The van der Waals surface area contributed by atoms with E-state index in [0.717, 1.165) is 6.32 Å². The Balaban J connectivity index is 3.38. The Morgan fingerprint density at radius 1 is 1.30 bits per heavy atom. The van der Waals surface area contributed by atoms with Crippen LogP contribution in [0, 0.1) is 0 Å². The van der Waals surface area contributed by atoms with Gasteiger partial charge in [-0.3, -0.25) is 0 Å². The molecule has 0 aliphatic carbocycles. The van der Waals surface area contributed by atoms with Crippen LogP contribution in [0.25, 0.3) is 0 Å². The minimum absolute atomic E-state index is 0.0903. The lowest BCUT2D eigenvalue weighted by molar-refractivity contribution is 0.216. The van der Waals surface area contributed by atoms with Gasteiger partial charge in [0.25, 0.3) is 0 Å². The average molecular weight is 142 g/mol. The van der Waals surface area contributed by atoms with Crippen molar-refractivity contribution in [3.63, 3.8) is 0 Å². The minimum atomic E-state index is -0.0903. The molecule has 0 spiro atoms. The summed E-state index contributed by atoms with van der Waals surface area (Å²) >= 11 is 0. The fraction of sp³-hybridized carbons (Fsp3) is 0.714. The van der Waals surface area contributed by atoms with Gasteiger partial charge in [0.2, 0.25) is 0 Å². The van der Waals surface area contributed by atoms with Gasteiger partial charge in [-0.25, -0.2) is 0 Å². The smallest absolute Gasteiger partial charge is 0.411 e. The van der Waals surface area contributed by atoms with Crippen LogP contribution in [0.4, 0.5) is 0 Å². The second-order valence-electron chi connectivity index (χ2n) is 1.86. The van der Waals surface area contributed by atoms with Crippen molar-refractivity contribution >= 4 is 7.12 Å². The van der Waals surface area contributed by atoms with E-state index in [1.807, 2.05) is 13.8 Å². The van der Waals surface area contributed by atoms with Crippen LogP contribution < -0.4 is 0 Å². The van der Waals surface area contributed by atoms with Crippen molar-refractivity contribution < 1.29 is 9.31 Å². The van der Waals surface area contributed by atoms with Crippen LogP contribution >= 0.6 is 0 Å². The van der Waals surface area contributed by atoms with E-state index in [2.05, 4.69) is 6.58 Å². The Kier molecular flexibility index (Phi) is 6.65. The van der Waals surface area contributed by atoms with Crippen molar-refractivity contribution in [2.45, 2.75) is 20.2 Å². The van der Waals surface area contributed by atoms with E-state index in [1.165, 1.54) is 0 Å². The predicted octanol–water partition coefficient (Wildman–Crippen LogP) is 1.73. The predicted molar refractivity (Wildman–Crippen MR) is 44.0 cm³/mol. The maximum absolute atomic E-state index is 5.23. The van der Waals surface area contributed by atoms with Crippen LogP contribution in [0.2, 0.25) is 6.32 Å². The second kappa shape index (κ2) is 6.84. The molecule has 10 heavy (non-hydrogen) atoms. The van der Waals surface area contributed by atoms with E-state index in [0.29, 0.717) is 13.2 Å². The highest BCUT2D eigenvalue weighted by Crippen LogP contribution is 1.96. The Morgan fingerprint density at radius 2 is 1.80 bits per heavy atom. The fourth-order valence-electron chi connectivity index (χ4n) is 0.692. The van der Waals surface area contributed by atoms with E-state index in [1.54, 1.807) is 6.08 Å². The molecule has 0 amide bonds. The molecular formula is C7H15BO2. The van der Waals surface area contributed by atoms with Gasteiger partial charge >= 0.3 is 7.12 Å². The molecule has 58 valence electrons. The zero-order valence-electron chi connectivity index (χ0n) is 6.80. The van der Waals surface area contributed by atoms with Crippen LogP contribution in [0.3, 0.4) is 0 Å². The maximum atomic E-state index is 5.23. The standard InChI is InChI=1S/C7H15BO2/c1-4-7-8(9-5-2)10-6-3/h4H,1,5-7H2,2-3H3. The van der Waals surface area contributed by atoms with Crippen LogP contribution in [-0.4, -0.2) is 20.3 Å². The summed E-state index contributed by atoms with van der Waals surface area (Å²) < 4.78 is 10.5. The molecule has 0 aromatic heterocycles. The van der Waals surface area contributed by atoms with Crippen LogP contribution in [0.5, 0.6) is 0 Å². The van der Waals surface area contributed by atoms with Gasteiger partial charge in [0.05, 0.1) is 0 Å². The Bertz CT molecular complexity index is 79.7. The lowest BCUT2D eigenvalue weighted by Gasteiger charge is -2.09. The van der Waals surface area contributed by atoms with Crippen molar-refractivity contribution in [3.8, 4) is 0 Å². The van der Waals surface area contributed by atoms with Crippen LogP contribution in [-0.2, 0) is 9.31 Å². The molecule has 0 aliphatic heterocycles. The van der Waals surface area contributed by atoms with Crippen molar-refractivity contribution in [1.29, 1.82) is 0 Å². The van der Waals surface area contributed by atoms with Gasteiger partial charge < -0.3 is 9.31 Å². The summed E-state index contributed by atoms with van der Waals surface area (Å²) in [7, 11) is -0.0903. The van der Waals surface area contributed by atoms with Gasteiger partial charge in [0.1, 0.15) is 0 Å². The largest absolute Gasteiger partial charge is 0.460 e. The summed E-state index contributed by atoms with van der Waals surface area (Å²) in [5.74, 6) is 0. The summed E-state index contributed by atoms with van der Waals surface area (Å²) in [5.41, 5.74) is 0. The molecular weight excluding hydrogens is 127 g/mol. The topological polar surface area (TPSA) is 18.5 Å². The van der Waals surface area contributed by atoms with Crippen molar-refractivity contribution in [2.24, 2.45) is 0 Å². The minimum Gasteiger partial charge on any atom is -0.411 e. The first kappa shape index (κ1) is 9.72. The Morgan fingerprint density at radius 3 is 2.10 bits per heavy atom. The number of rotatable bonds is 6. The van der Waals surface area contributed by atoms with Crippen molar-refractivity contribution in [3.05, 3.63) is 12.7 Å². The molecule has 0 aromatic carbocycles. The van der Waals surface area contributed by atoms with Crippen LogP contribution in [0.1, 0.15) is 13.8 Å². The van der Waals surface area contributed by atoms with Gasteiger partial charge in [-0.05, 0) is 20.2 Å². The molecule has 0 saturated heterocycles. The molecule has 0 fully saturated rings. The maximum Gasteiger partial charge on any atom is 0.460 e. The molecule has 0 rings (SSSR count). The van der Waals surface area contributed by atoms with Gasteiger partial charge in [-0.2, -0.15) is 0 Å². The third kappa shape index (κ3) is 4.59. The molecule has 2 nitrogen and oxygen atoms in total. The molecule has 0 radical (unpaired) electrons. The summed E-state index contributed by atoms with van der Waals surface area (Å²) in [6.07, 6.45) is 2.57. The van der Waals surface area contributed by atoms with Crippen molar-refractivity contribution in [1.82, 2.24) is 0 Å². The summed E-state index contributed by atoms with van der Waals surface area (Å²) in [5, 5.41) is 0. The molecule has 0 saturated carbocycles. The first-order valence-corrected chi connectivity index (χ1v) is 3.69. The summed E-state index contributed by atoms with van der Waals surface area (Å²) in [4.78, 5) is 0. The normalized spacial score (nSPS) is 9.40. The fourth-order valence-corrected chi connectivity index (χ4v) is 0.692. The van der Waals surface area contributed by atoms with E-state index in [9.17, 15) is 0 Å². The molecule has 0 aliphatic rings.